The normalized spacial score (nSPS) is 12.3. The van der Waals surface area contributed by atoms with Crippen molar-refractivity contribution < 1.29 is 13.2 Å². The minimum atomic E-state index is -4.47. The Morgan fingerprint density at radius 3 is 2.53 bits per heavy atom. The van der Waals surface area contributed by atoms with Gasteiger partial charge >= 0.3 is 6.18 Å². The molecule has 0 saturated heterocycles. The van der Waals surface area contributed by atoms with Crippen LogP contribution in [-0.2, 0) is 6.18 Å². The summed E-state index contributed by atoms with van der Waals surface area (Å²) in [7, 11) is 0. The lowest BCUT2D eigenvalue weighted by molar-refractivity contribution is -0.140. The van der Waals surface area contributed by atoms with E-state index in [1.807, 2.05) is 22.6 Å². The first-order valence-corrected chi connectivity index (χ1v) is 4.84. The zero-order chi connectivity index (χ0) is 11.2. The van der Waals surface area contributed by atoms with Crippen molar-refractivity contribution >= 4 is 34.1 Å². The van der Waals surface area contributed by atoms with E-state index in [4.69, 9.17) is 5.73 Å². The van der Waals surface area contributed by atoms with Gasteiger partial charge in [0.25, 0.3) is 0 Å². The summed E-state index contributed by atoms with van der Waals surface area (Å²) in [6.45, 7) is 0. The van der Waals surface area contributed by atoms with Crippen LogP contribution in [0.3, 0.4) is 0 Å². The highest BCUT2D eigenvalue weighted by atomic mass is 127. The van der Waals surface area contributed by atoms with Crippen LogP contribution >= 0.6 is 22.6 Å². The van der Waals surface area contributed by atoms with E-state index in [9.17, 15) is 13.2 Å². The van der Waals surface area contributed by atoms with Crippen molar-refractivity contribution in [1.82, 2.24) is 14.4 Å². The minimum absolute atomic E-state index is 0.0163. The average molecular weight is 328 g/mol. The van der Waals surface area contributed by atoms with Crippen LogP contribution in [0.5, 0.6) is 0 Å². The number of halogens is 4. The molecule has 0 aliphatic heterocycles. The number of hydrogen-bond donors (Lipinski definition) is 1. The van der Waals surface area contributed by atoms with Gasteiger partial charge in [-0.25, -0.2) is 9.97 Å². The number of rotatable bonds is 0. The van der Waals surface area contributed by atoms with Crippen LogP contribution in [0.1, 0.15) is 5.69 Å². The Morgan fingerprint density at radius 1 is 1.27 bits per heavy atom. The Bertz CT molecular complexity index is 519. The second kappa shape index (κ2) is 3.22. The number of nitrogens with zero attached hydrogens (tertiary/aromatic N) is 3. The van der Waals surface area contributed by atoms with E-state index in [1.54, 1.807) is 0 Å². The molecule has 2 heterocycles. The van der Waals surface area contributed by atoms with Crippen molar-refractivity contribution in [3.63, 3.8) is 0 Å². The Kier molecular flexibility index (Phi) is 2.24. The third kappa shape index (κ3) is 1.85. The molecule has 0 saturated carbocycles. The molecule has 0 aromatic carbocycles. The van der Waals surface area contributed by atoms with Crippen LogP contribution < -0.4 is 5.73 Å². The van der Waals surface area contributed by atoms with Crippen molar-refractivity contribution in [2.45, 2.75) is 6.18 Å². The van der Waals surface area contributed by atoms with Crippen molar-refractivity contribution in [3.05, 3.63) is 21.8 Å². The van der Waals surface area contributed by atoms with Crippen molar-refractivity contribution in [3.8, 4) is 0 Å². The molecule has 4 nitrogen and oxygen atoms in total. The van der Waals surface area contributed by atoms with Gasteiger partial charge in [0.1, 0.15) is 3.70 Å². The highest BCUT2D eigenvalue weighted by molar-refractivity contribution is 14.1. The number of fused-ring (bicyclic) bond motifs is 1. The summed E-state index contributed by atoms with van der Waals surface area (Å²) in [6, 6.07) is 0. The molecule has 0 unspecified atom stereocenters. The maximum Gasteiger partial charge on any atom is 0.434 e. The quantitative estimate of drug-likeness (QED) is 0.752. The summed E-state index contributed by atoms with van der Waals surface area (Å²) < 4.78 is 38.7. The smallest absolute Gasteiger partial charge is 0.381 e. The fourth-order valence-electron chi connectivity index (χ4n) is 1.13. The third-order valence-corrected chi connectivity index (χ3v) is 2.24. The van der Waals surface area contributed by atoms with Crippen molar-refractivity contribution in [1.29, 1.82) is 0 Å². The molecule has 0 aliphatic rings. The maximum atomic E-state index is 12.3. The van der Waals surface area contributed by atoms with Gasteiger partial charge in [-0.1, -0.05) is 0 Å². The standard InChI is InChI=1S/C7H4F3IN4/c8-7(9,10)3-1-15-2-4(11)14-5(12)6(15)13-3/h1-2H,(H2,12,14). The van der Waals surface area contributed by atoms with Gasteiger partial charge in [0.2, 0.25) is 0 Å². The van der Waals surface area contributed by atoms with E-state index in [2.05, 4.69) is 9.97 Å². The summed E-state index contributed by atoms with van der Waals surface area (Å²) in [5, 5.41) is 0. The molecule has 8 heteroatoms. The Labute approximate surface area is 95.5 Å². The lowest BCUT2D eigenvalue weighted by Crippen LogP contribution is -2.04. The van der Waals surface area contributed by atoms with Gasteiger partial charge in [0.05, 0.1) is 0 Å². The second-order valence-corrected chi connectivity index (χ2v) is 3.91. The van der Waals surface area contributed by atoms with Crippen molar-refractivity contribution in [2.75, 3.05) is 5.73 Å². The maximum absolute atomic E-state index is 12.3. The molecule has 0 fully saturated rings. The molecule has 0 aliphatic carbocycles. The highest BCUT2D eigenvalue weighted by Crippen LogP contribution is 2.29. The third-order valence-electron chi connectivity index (χ3n) is 1.72. The van der Waals surface area contributed by atoms with Gasteiger partial charge in [-0.2, -0.15) is 13.2 Å². The fourth-order valence-corrected chi connectivity index (χ4v) is 1.69. The molecule has 80 valence electrons. The van der Waals surface area contributed by atoms with Crippen LogP contribution in [0.15, 0.2) is 12.4 Å². The van der Waals surface area contributed by atoms with Crippen LogP contribution in [-0.4, -0.2) is 14.4 Å². The molecular formula is C7H4F3IN4. The van der Waals surface area contributed by atoms with E-state index in [0.29, 0.717) is 3.70 Å². The summed E-state index contributed by atoms with van der Waals surface area (Å²) in [6.07, 6.45) is -2.16. The number of nitrogen functional groups attached to an aromatic ring is 1. The van der Waals surface area contributed by atoms with E-state index in [-0.39, 0.29) is 11.5 Å². The molecular weight excluding hydrogens is 324 g/mol. The predicted octanol–water partition coefficient (Wildman–Crippen LogP) is 1.93. The SMILES string of the molecule is Nc1nc(I)cn2cc(C(F)(F)F)nc12. The van der Waals surface area contributed by atoms with E-state index in [1.165, 1.54) is 10.6 Å². The van der Waals surface area contributed by atoms with Gasteiger partial charge in [-0.15, -0.1) is 0 Å². The molecule has 0 spiro atoms. The number of imidazole rings is 1. The number of nitrogens with two attached hydrogens (primary N) is 1. The lowest BCUT2D eigenvalue weighted by Gasteiger charge is -1.98. The number of aromatic nitrogens is 3. The molecule has 15 heavy (non-hydrogen) atoms. The van der Waals surface area contributed by atoms with Crippen molar-refractivity contribution in [2.24, 2.45) is 0 Å². The number of alkyl halides is 3. The van der Waals surface area contributed by atoms with Gasteiger partial charge in [0, 0.05) is 12.4 Å². The second-order valence-electron chi connectivity index (χ2n) is 2.80. The summed E-state index contributed by atoms with van der Waals surface area (Å²) in [4.78, 5) is 7.18. The molecule has 0 atom stereocenters. The Balaban J connectivity index is 2.71. The van der Waals surface area contributed by atoms with Gasteiger partial charge in [-0.3, -0.25) is 0 Å². The van der Waals surface area contributed by atoms with E-state index in [0.717, 1.165) is 6.20 Å². The summed E-state index contributed by atoms with van der Waals surface area (Å²) in [5.41, 5.74) is 4.49. The highest BCUT2D eigenvalue weighted by Gasteiger charge is 2.34. The van der Waals surface area contributed by atoms with Crippen LogP contribution in [0.25, 0.3) is 5.65 Å². The minimum Gasteiger partial charge on any atom is -0.381 e. The zero-order valence-corrected chi connectivity index (χ0v) is 9.24. The van der Waals surface area contributed by atoms with Gasteiger partial charge < -0.3 is 10.1 Å². The van der Waals surface area contributed by atoms with Crippen LogP contribution in [0.4, 0.5) is 19.0 Å². The average Bonchev–Trinajstić information content (AvgIpc) is 2.46. The topological polar surface area (TPSA) is 56.2 Å². The first-order chi connectivity index (χ1) is 6.88. The van der Waals surface area contributed by atoms with Gasteiger partial charge in [-0.05, 0) is 22.6 Å². The first kappa shape index (κ1) is 10.5. The lowest BCUT2D eigenvalue weighted by atomic mass is 10.5. The molecule has 2 rings (SSSR count). The molecule has 0 radical (unpaired) electrons. The largest absolute Gasteiger partial charge is 0.434 e. The molecule has 2 aromatic rings. The van der Waals surface area contributed by atoms with E-state index >= 15 is 0 Å². The van der Waals surface area contributed by atoms with Crippen LogP contribution in [0.2, 0.25) is 0 Å². The molecule has 0 bridgehead atoms. The predicted molar refractivity (Wildman–Crippen MR) is 55.1 cm³/mol. The Morgan fingerprint density at radius 2 is 1.93 bits per heavy atom. The van der Waals surface area contributed by atoms with E-state index < -0.39 is 11.9 Å². The zero-order valence-electron chi connectivity index (χ0n) is 7.09. The molecule has 2 aromatic heterocycles. The van der Waals surface area contributed by atoms with Gasteiger partial charge in [0.15, 0.2) is 17.2 Å². The molecule has 0 amide bonds. The summed E-state index contributed by atoms with van der Waals surface area (Å²) in [5.74, 6) is -0.0163. The monoisotopic (exact) mass is 328 g/mol. The molecule has 2 N–H and O–H groups in total. The fraction of sp³-hybridized carbons (Fsp3) is 0.143. The van der Waals surface area contributed by atoms with Crippen LogP contribution in [0, 0.1) is 3.70 Å². The number of anilines is 1. The summed E-state index contributed by atoms with van der Waals surface area (Å²) >= 11 is 1.86. The Hall–Kier alpha value is -1.06. The first-order valence-electron chi connectivity index (χ1n) is 3.76. The number of hydrogen-bond acceptors (Lipinski definition) is 3.